The first-order valence-electron chi connectivity index (χ1n) is 8.64. The summed E-state index contributed by atoms with van der Waals surface area (Å²) in [4.78, 5) is 38.0. The number of nitrogens with one attached hydrogen (secondary N) is 1. The van der Waals surface area contributed by atoms with Gasteiger partial charge in [0.15, 0.2) is 0 Å². The summed E-state index contributed by atoms with van der Waals surface area (Å²) in [5.74, 6) is -0.838. The maximum Gasteiger partial charge on any atom is 0.255 e. The Balaban J connectivity index is 1.70. The summed E-state index contributed by atoms with van der Waals surface area (Å²) in [6, 6.07) is 13.0. The fraction of sp³-hybridized carbons (Fsp3) is 0.250. The van der Waals surface area contributed by atoms with Crippen molar-refractivity contribution in [2.24, 2.45) is 5.73 Å². The van der Waals surface area contributed by atoms with E-state index in [0.29, 0.717) is 25.1 Å². The second-order valence-corrected chi connectivity index (χ2v) is 6.64. The first-order chi connectivity index (χ1) is 12.6. The van der Waals surface area contributed by atoms with Crippen molar-refractivity contribution in [3.63, 3.8) is 0 Å². The van der Waals surface area contributed by atoms with Gasteiger partial charge in [-0.25, -0.2) is 0 Å². The predicted molar refractivity (Wildman–Crippen MR) is 95.8 cm³/mol. The number of carbonyl (C=O) groups excluding carboxylic acids is 3. The Morgan fingerprint density at radius 2 is 1.85 bits per heavy atom. The molecule has 0 radical (unpaired) electrons. The Morgan fingerprint density at radius 3 is 2.62 bits per heavy atom. The topological polar surface area (TPSA) is 92.5 Å². The summed E-state index contributed by atoms with van der Waals surface area (Å²) < 4.78 is 0. The summed E-state index contributed by atoms with van der Waals surface area (Å²) in [5.41, 5.74) is 10.3. The zero-order valence-corrected chi connectivity index (χ0v) is 14.2. The number of amides is 3. The average Bonchev–Trinajstić information content (AvgIpc) is 2.98. The van der Waals surface area contributed by atoms with Crippen LogP contribution in [-0.2, 0) is 22.7 Å². The first-order valence-corrected chi connectivity index (χ1v) is 8.64. The van der Waals surface area contributed by atoms with Crippen molar-refractivity contribution in [2.75, 3.05) is 0 Å². The Morgan fingerprint density at radius 1 is 1.08 bits per heavy atom. The van der Waals surface area contributed by atoms with Gasteiger partial charge in [-0.05, 0) is 40.8 Å². The fourth-order valence-electron chi connectivity index (χ4n) is 3.72. The molecule has 0 aliphatic carbocycles. The largest absolute Gasteiger partial charge is 0.326 e. The van der Waals surface area contributed by atoms with E-state index in [0.717, 1.165) is 22.3 Å². The molecule has 0 bridgehead atoms. The molecule has 3 amide bonds. The average molecular weight is 349 g/mol. The quantitative estimate of drug-likeness (QED) is 0.823. The molecule has 0 spiro atoms. The van der Waals surface area contributed by atoms with E-state index in [4.69, 9.17) is 5.73 Å². The molecular weight excluding hydrogens is 330 g/mol. The van der Waals surface area contributed by atoms with Crippen molar-refractivity contribution >= 4 is 17.7 Å². The molecule has 0 saturated carbocycles. The van der Waals surface area contributed by atoms with Crippen LogP contribution < -0.4 is 11.1 Å². The predicted octanol–water partition coefficient (Wildman–Crippen LogP) is 1.57. The number of carbonyl (C=O) groups is 3. The van der Waals surface area contributed by atoms with Crippen LogP contribution in [0.1, 0.15) is 34.3 Å². The van der Waals surface area contributed by atoms with Crippen molar-refractivity contribution in [3.8, 4) is 11.1 Å². The molecule has 2 heterocycles. The summed E-state index contributed by atoms with van der Waals surface area (Å²) in [7, 11) is 0. The second kappa shape index (κ2) is 6.38. The van der Waals surface area contributed by atoms with Crippen LogP contribution in [0.5, 0.6) is 0 Å². The third kappa shape index (κ3) is 2.68. The highest BCUT2D eigenvalue weighted by Crippen LogP contribution is 2.34. The molecule has 4 rings (SSSR count). The molecule has 26 heavy (non-hydrogen) atoms. The minimum absolute atomic E-state index is 0.161. The van der Waals surface area contributed by atoms with E-state index in [-0.39, 0.29) is 18.2 Å². The van der Waals surface area contributed by atoms with Crippen molar-refractivity contribution < 1.29 is 14.4 Å². The smallest absolute Gasteiger partial charge is 0.255 e. The lowest BCUT2D eigenvalue weighted by atomic mass is 9.96. The number of piperidine rings is 1. The number of imide groups is 1. The van der Waals surface area contributed by atoms with Gasteiger partial charge in [-0.3, -0.25) is 19.7 Å². The van der Waals surface area contributed by atoms with Crippen LogP contribution in [0, 0.1) is 0 Å². The number of hydrogen-bond donors (Lipinski definition) is 2. The lowest BCUT2D eigenvalue weighted by molar-refractivity contribution is -0.136. The molecule has 1 atom stereocenters. The molecule has 2 aliphatic rings. The lowest BCUT2D eigenvalue weighted by Gasteiger charge is -2.29. The van der Waals surface area contributed by atoms with Crippen LogP contribution in [-0.4, -0.2) is 28.7 Å². The molecule has 132 valence electrons. The highest BCUT2D eigenvalue weighted by Gasteiger charge is 2.39. The van der Waals surface area contributed by atoms with E-state index < -0.39 is 11.9 Å². The van der Waals surface area contributed by atoms with Gasteiger partial charge < -0.3 is 10.6 Å². The van der Waals surface area contributed by atoms with Crippen molar-refractivity contribution in [3.05, 3.63) is 59.2 Å². The normalized spacial score (nSPS) is 19.5. The van der Waals surface area contributed by atoms with Crippen molar-refractivity contribution in [1.82, 2.24) is 10.2 Å². The highest BCUT2D eigenvalue weighted by atomic mass is 16.2. The van der Waals surface area contributed by atoms with E-state index in [2.05, 4.69) is 5.32 Å². The summed E-state index contributed by atoms with van der Waals surface area (Å²) >= 11 is 0. The third-order valence-corrected chi connectivity index (χ3v) is 5.06. The molecule has 1 fully saturated rings. The molecule has 2 aliphatic heterocycles. The summed E-state index contributed by atoms with van der Waals surface area (Å²) in [6.45, 7) is 0.813. The monoisotopic (exact) mass is 349 g/mol. The van der Waals surface area contributed by atoms with Gasteiger partial charge in [0.2, 0.25) is 11.8 Å². The van der Waals surface area contributed by atoms with Crippen LogP contribution in [0.4, 0.5) is 0 Å². The van der Waals surface area contributed by atoms with Crippen molar-refractivity contribution in [2.45, 2.75) is 32.0 Å². The molecule has 6 nitrogen and oxygen atoms in total. The molecular formula is C20H19N3O3. The Kier molecular flexibility index (Phi) is 4.05. The maximum atomic E-state index is 12.9. The molecule has 1 saturated heterocycles. The van der Waals surface area contributed by atoms with Gasteiger partial charge in [-0.2, -0.15) is 0 Å². The zero-order chi connectivity index (χ0) is 18.3. The maximum absolute atomic E-state index is 12.9. The number of rotatable bonds is 3. The van der Waals surface area contributed by atoms with E-state index >= 15 is 0 Å². The molecule has 1 unspecified atom stereocenters. The third-order valence-electron chi connectivity index (χ3n) is 5.06. The van der Waals surface area contributed by atoms with E-state index in [1.54, 1.807) is 11.0 Å². The Bertz CT molecular complexity index is 922. The van der Waals surface area contributed by atoms with Gasteiger partial charge in [0.05, 0.1) is 0 Å². The minimum atomic E-state index is -0.601. The Hall–Kier alpha value is -2.99. The summed E-state index contributed by atoms with van der Waals surface area (Å²) in [6.07, 6.45) is 0.615. The van der Waals surface area contributed by atoms with Crippen molar-refractivity contribution in [1.29, 1.82) is 0 Å². The second-order valence-electron chi connectivity index (χ2n) is 6.64. The van der Waals surface area contributed by atoms with E-state index in [1.807, 2.05) is 36.4 Å². The van der Waals surface area contributed by atoms with Gasteiger partial charge in [-0.15, -0.1) is 0 Å². The van der Waals surface area contributed by atoms with Crippen LogP contribution >= 0.6 is 0 Å². The van der Waals surface area contributed by atoms with Gasteiger partial charge in [0.25, 0.3) is 5.91 Å². The molecule has 2 aromatic carbocycles. The van der Waals surface area contributed by atoms with E-state index in [1.165, 1.54) is 0 Å². The lowest BCUT2D eigenvalue weighted by Crippen LogP contribution is -2.52. The molecule has 6 heteroatoms. The fourth-order valence-corrected chi connectivity index (χ4v) is 3.72. The first kappa shape index (κ1) is 16.5. The minimum Gasteiger partial charge on any atom is -0.326 e. The van der Waals surface area contributed by atoms with Crippen LogP contribution in [0.15, 0.2) is 42.5 Å². The molecule has 0 aromatic heterocycles. The standard InChI is InChI=1S/C20H19N3O3/c21-10-12-3-1-4-13(9-12)14-5-2-6-15-16(14)11-23(20(15)26)17-7-8-18(24)22-19(17)25/h1-6,9,17H,7-8,10-11,21H2,(H,22,24,25). The van der Waals surface area contributed by atoms with Gasteiger partial charge in [0, 0.05) is 25.1 Å². The number of fused-ring (bicyclic) bond motifs is 1. The number of nitrogens with zero attached hydrogens (tertiary/aromatic N) is 1. The van der Waals surface area contributed by atoms with Crippen LogP contribution in [0.3, 0.4) is 0 Å². The molecule has 3 N–H and O–H groups in total. The molecule has 2 aromatic rings. The summed E-state index contributed by atoms with van der Waals surface area (Å²) in [5, 5.41) is 2.33. The number of hydrogen-bond acceptors (Lipinski definition) is 4. The number of benzene rings is 2. The Labute approximate surface area is 151 Å². The van der Waals surface area contributed by atoms with Gasteiger partial charge in [-0.1, -0.05) is 30.3 Å². The van der Waals surface area contributed by atoms with Gasteiger partial charge >= 0.3 is 0 Å². The van der Waals surface area contributed by atoms with Gasteiger partial charge in [0.1, 0.15) is 6.04 Å². The number of nitrogens with two attached hydrogens (primary N) is 1. The van der Waals surface area contributed by atoms with E-state index in [9.17, 15) is 14.4 Å². The SMILES string of the molecule is NCc1cccc(-c2cccc3c2CN(C2CCC(=O)NC2=O)C3=O)c1. The zero-order valence-electron chi connectivity index (χ0n) is 14.2. The highest BCUT2D eigenvalue weighted by molar-refractivity contribution is 6.06. The van der Waals surface area contributed by atoms with Crippen LogP contribution in [0.25, 0.3) is 11.1 Å². The van der Waals surface area contributed by atoms with Crippen LogP contribution in [0.2, 0.25) is 0 Å².